The van der Waals surface area contributed by atoms with Crippen molar-refractivity contribution in [3.8, 4) is 0 Å². The van der Waals surface area contributed by atoms with Crippen LogP contribution in [0.1, 0.15) is 55.4 Å². The first-order valence-electron chi connectivity index (χ1n) is 10.9. The van der Waals surface area contributed by atoms with Crippen LogP contribution in [0.3, 0.4) is 0 Å². The molecule has 1 N–H and O–H groups in total. The second-order valence-corrected chi connectivity index (χ2v) is 9.35. The van der Waals surface area contributed by atoms with Crippen LogP contribution in [0.2, 0.25) is 0 Å². The molecule has 4 heteroatoms. The minimum absolute atomic E-state index is 0.113. The summed E-state index contributed by atoms with van der Waals surface area (Å²) in [6.07, 6.45) is 3.18. The van der Waals surface area contributed by atoms with Crippen LogP contribution in [-0.4, -0.2) is 24.7 Å². The van der Waals surface area contributed by atoms with E-state index in [0.29, 0.717) is 12.3 Å². The maximum absolute atomic E-state index is 12.5. The van der Waals surface area contributed by atoms with Crippen LogP contribution >= 0.6 is 0 Å². The molecule has 0 saturated carbocycles. The van der Waals surface area contributed by atoms with Gasteiger partial charge in [-0.15, -0.1) is 0 Å². The Morgan fingerprint density at radius 1 is 1.19 bits per heavy atom. The highest BCUT2D eigenvalue weighted by atomic mass is 16.2. The molecule has 3 aromatic carbocycles. The zero-order valence-electron chi connectivity index (χ0n) is 19.1. The Morgan fingerprint density at radius 2 is 1.94 bits per heavy atom. The van der Waals surface area contributed by atoms with Crippen LogP contribution in [0.25, 0.3) is 10.8 Å². The lowest BCUT2D eigenvalue weighted by Gasteiger charge is -2.45. The third-order valence-electron chi connectivity index (χ3n) is 6.65. The fourth-order valence-electron chi connectivity index (χ4n) is 4.71. The highest BCUT2D eigenvalue weighted by molar-refractivity contribution is 5.91. The summed E-state index contributed by atoms with van der Waals surface area (Å²) in [5.74, 6) is 0.368. The lowest BCUT2D eigenvalue weighted by molar-refractivity contribution is -0.120. The van der Waals surface area contributed by atoms with Crippen molar-refractivity contribution in [3.05, 3.63) is 76.9 Å². The van der Waals surface area contributed by atoms with Crippen LogP contribution in [0.4, 0.5) is 5.69 Å². The number of fused-ring (bicyclic) bond motifs is 2. The number of amides is 1. The van der Waals surface area contributed by atoms with Gasteiger partial charge in [0.1, 0.15) is 0 Å². The number of benzene rings is 3. The van der Waals surface area contributed by atoms with Crippen molar-refractivity contribution in [2.75, 3.05) is 11.9 Å². The molecule has 1 heterocycles. The number of carbonyl (C=O) groups is 1. The van der Waals surface area contributed by atoms with E-state index in [9.17, 15) is 4.79 Å². The van der Waals surface area contributed by atoms with Crippen molar-refractivity contribution >= 4 is 28.6 Å². The van der Waals surface area contributed by atoms with E-state index >= 15 is 0 Å². The molecule has 0 spiro atoms. The Labute approximate surface area is 185 Å². The molecule has 0 aliphatic carbocycles. The summed E-state index contributed by atoms with van der Waals surface area (Å²) in [5.41, 5.74) is 8.69. The van der Waals surface area contributed by atoms with E-state index in [1.54, 1.807) is 6.21 Å². The second-order valence-electron chi connectivity index (χ2n) is 9.35. The average molecular weight is 414 g/mol. The first kappa shape index (κ1) is 21.1. The molecule has 1 unspecified atom stereocenters. The summed E-state index contributed by atoms with van der Waals surface area (Å²) in [6, 6.07) is 18.6. The molecule has 3 aromatic rings. The lowest BCUT2D eigenvalue weighted by Crippen LogP contribution is -2.45. The van der Waals surface area contributed by atoms with Crippen molar-refractivity contribution in [3.63, 3.8) is 0 Å². The van der Waals surface area contributed by atoms with Crippen molar-refractivity contribution < 1.29 is 4.79 Å². The summed E-state index contributed by atoms with van der Waals surface area (Å²) in [7, 11) is 2.17. The van der Waals surface area contributed by atoms with Crippen molar-refractivity contribution in [2.24, 2.45) is 5.10 Å². The van der Waals surface area contributed by atoms with E-state index in [1.165, 1.54) is 11.3 Å². The third-order valence-corrected chi connectivity index (χ3v) is 6.65. The van der Waals surface area contributed by atoms with Crippen molar-refractivity contribution in [1.82, 2.24) is 5.43 Å². The number of nitrogens with zero attached hydrogens (tertiary/aromatic N) is 2. The molecule has 0 bridgehead atoms. The Kier molecular flexibility index (Phi) is 5.57. The average Bonchev–Trinajstić information content (AvgIpc) is 2.73. The van der Waals surface area contributed by atoms with E-state index in [1.807, 2.05) is 24.3 Å². The number of carbonyl (C=O) groups excluding carboxylic acids is 1. The van der Waals surface area contributed by atoms with Gasteiger partial charge in [0.15, 0.2) is 0 Å². The molecule has 1 aliphatic rings. The van der Waals surface area contributed by atoms with Crippen LogP contribution in [0, 0.1) is 6.92 Å². The first-order chi connectivity index (χ1) is 14.8. The van der Waals surface area contributed by atoms with Crippen molar-refractivity contribution in [1.29, 1.82) is 0 Å². The van der Waals surface area contributed by atoms with Gasteiger partial charge >= 0.3 is 0 Å². The summed E-state index contributed by atoms with van der Waals surface area (Å²) in [5, 5.41) is 6.51. The van der Waals surface area contributed by atoms with Crippen LogP contribution in [0.15, 0.2) is 59.7 Å². The predicted octanol–water partition coefficient (Wildman–Crippen LogP) is 5.56. The number of nitrogens with one attached hydrogen (secondary N) is 1. The number of rotatable bonds is 4. The molecular weight excluding hydrogens is 382 g/mol. The van der Waals surface area contributed by atoms with E-state index in [4.69, 9.17) is 0 Å². The van der Waals surface area contributed by atoms with Gasteiger partial charge in [0.05, 0.1) is 12.6 Å². The monoisotopic (exact) mass is 413 g/mol. The zero-order valence-corrected chi connectivity index (χ0v) is 19.1. The van der Waals surface area contributed by atoms with E-state index in [-0.39, 0.29) is 11.4 Å². The van der Waals surface area contributed by atoms with E-state index in [0.717, 1.165) is 33.9 Å². The quantitative estimate of drug-likeness (QED) is 0.449. The Hall–Kier alpha value is -3.14. The molecule has 4 rings (SSSR count). The van der Waals surface area contributed by atoms with E-state index in [2.05, 4.69) is 80.5 Å². The Morgan fingerprint density at radius 3 is 2.74 bits per heavy atom. The molecule has 160 valence electrons. The van der Waals surface area contributed by atoms with E-state index < -0.39 is 0 Å². The number of hydrogen-bond donors (Lipinski definition) is 1. The largest absolute Gasteiger partial charge is 0.369 e. The molecular formula is C27H31N3O. The summed E-state index contributed by atoms with van der Waals surface area (Å²) in [6.45, 7) is 8.97. The van der Waals surface area contributed by atoms with Gasteiger partial charge < -0.3 is 4.90 Å². The lowest BCUT2D eigenvalue weighted by atomic mass is 9.79. The molecule has 0 radical (unpaired) electrons. The number of hydrogen-bond acceptors (Lipinski definition) is 3. The Balaban J connectivity index is 1.49. The predicted molar refractivity (Wildman–Crippen MR) is 130 cm³/mol. The molecule has 0 fully saturated rings. The van der Waals surface area contributed by atoms with Gasteiger partial charge in [-0.3, -0.25) is 4.79 Å². The third kappa shape index (κ3) is 4.20. The topological polar surface area (TPSA) is 44.7 Å². The van der Waals surface area contributed by atoms with Gasteiger partial charge in [-0.1, -0.05) is 49.4 Å². The smallest absolute Gasteiger partial charge is 0.244 e. The highest BCUT2D eigenvalue weighted by Crippen LogP contribution is 2.43. The normalized spacial score (nSPS) is 17.7. The molecule has 4 nitrogen and oxygen atoms in total. The van der Waals surface area contributed by atoms with Crippen LogP contribution in [-0.2, 0) is 11.2 Å². The zero-order chi connectivity index (χ0) is 22.2. The fourth-order valence-corrected chi connectivity index (χ4v) is 4.71. The number of aryl methyl sites for hydroxylation is 1. The first-order valence-corrected chi connectivity index (χ1v) is 10.9. The minimum Gasteiger partial charge on any atom is -0.369 e. The SMILES string of the molecule is Cc1cc2c(cc1/C=N\NC(=O)Cc1cccc3ccccc13)C(C)CC(C)(C)N2C. The molecule has 1 aliphatic heterocycles. The second kappa shape index (κ2) is 8.18. The molecule has 0 aromatic heterocycles. The number of hydrazone groups is 1. The molecule has 1 amide bonds. The van der Waals surface area contributed by atoms with Crippen LogP contribution < -0.4 is 10.3 Å². The van der Waals surface area contributed by atoms with Crippen LogP contribution in [0.5, 0.6) is 0 Å². The summed E-state index contributed by atoms with van der Waals surface area (Å²) >= 11 is 0. The maximum Gasteiger partial charge on any atom is 0.244 e. The standard InChI is InChI=1S/C27H31N3O/c1-18-13-25-24(19(2)16-27(3,4)30(25)5)14-22(18)17-28-29-26(31)15-21-11-8-10-20-9-6-7-12-23(20)21/h6-14,17,19H,15-16H2,1-5H3,(H,29,31)/b28-17-. The number of anilines is 1. The fraction of sp³-hybridized carbons (Fsp3) is 0.333. The summed E-state index contributed by atoms with van der Waals surface area (Å²) < 4.78 is 0. The molecule has 31 heavy (non-hydrogen) atoms. The van der Waals surface area contributed by atoms with Gasteiger partial charge in [-0.2, -0.15) is 5.10 Å². The van der Waals surface area contributed by atoms with Gasteiger partial charge in [0.2, 0.25) is 5.91 Å². The summed E-state index contributed by atoms with van der Waals surface area (Å²) in [4.78, 5) is 14.9. The minimum atomic E-state index is -0.113. The van der Waals surface area contributed by atoms with Gasteiger partial charge in [-0.05, 0) is 78.3 Å². The van der Waals surface area contributed by atoms with Gasteiger partial charge in [-0.25, -0.2) is 5.43 Å². The molecule has 1 atom stereocenters. The maximum atomic E-state index is 12.5. The van der Waals surface area contributed by atoms with Crippen molar-refractivity contribution in [2.45, 2.75) is 52.0 Å². The van der Waals surface area contributed by atoms with Gasteiger partial charge in [0.25, 0.3) is 0 Å². The Bertz CT molecular complexity index is 1160. The van der Waals surface area contributed by atoms with Gasteiger partial charge in [0, 0.05) is 18.3 Å². The molecule has 0 saturated heterocycles. The highest BCUT2D eigenvalue weighted by Gasteiger charge is 2.34.